The number of benzene rings is 12. The normalized spacial score (nSPS) is 11.3. The molecule has 0 aromatic heterocycles. The molecule has 0 heterocycles. The molecule has 12 aromatic carbocycles. The summed E-state index contributed by atoms with van der Waals surface area (Å²) >= 11 is 0. The Hall–Kier alpha value is -9.38. The third-order valence-electron chi connectivity index (χ3n) is 14.5. The average Bonchev–Trinajstić information content (AvgIpc) is 3.53. The first-order valence-electron chi connectivity index (χ1n) is 26.3. The van der Waals surface area contributed by atoms with Gasteiger partial charge in [-0.25, -0.2) is 0 Å². The van der Waals surface area contributed by atoms with Crippen LogP contribution < -0.4 is 19.6 Å². The van der Waals surface area contributed by atoms with Gasteiger partial charge < -0.3 is 19.6 Å². The van der Waals surface area contributed by atoms with Gasteiger partial charge in [-0.05, 0) is 184 Å². The van der Waals surface area contributed by atoms with Crippen LogP contribution in [-0.4, -0.2) is 0 Å². The smallest absolute Gasteiger partial charge is 0.0542 e. The quantitative estimate of drug-likeness (QED) is 0.121. The molecule has 0 saturated carbocycles. The summed E-state index contributed by atoms with van der Waals surface area (Å²) in [6.07, 6.45) is 0. The van der Waals surface area contributed by atoms with Gasteiger partial charge in [0.15, 0.2) is 0 Å². The topological polar surface area (TPSA) is 13.0 Å². The number of rotatable bonds is 12. The van der Waals surface area contributed by atoms with E-state index in [-0.39, 0.29) is 0 Å². The van der Waals surface area contributed by atoms with E-state index >= 15 is 0 Å². The van der Waals surface area contributed by atoms with Crippen LogP contribution in [0.2, 0.25) is 0 Å². The van der Waals surface area contributed by atoms with Gasteiger partial charge in [0, 0.05) is 66.4 Å². The van der Waals surface area contributed by atoms with Gasteiger partial charge >= 0.3 is 0 Å². The van der Waals surface area contributed by atoms with E-state index in [1.807, 2.05) is 0 Å². The second-order valence-corrected chi connectivity index (χ2v) is 20.3. The van der Waals surface area contributed by atoms with Crippen molar-refractivity contribution in [1.29, 1.82) is 0 Å². The molecule has 12 aromatic rings. The first-order chi connectivity index (χ1) is 37.2. The lowest BCUT2D eigenvalue weighted by Gasteiger charge is -2.34. The minimum absolute atomic E-state index is 1.08. The summed E-state index contributed by atoms with van der Waals surface area (Å²) in [6.45, 7) is 13.1. The Morgan fingerprint density at radius 2 is 0.355 bits per heavy atom. The summed E-state index contributed by atoms with van der Waals surface area (Å²) < 4.78 is 0. The largest absolute Gasteiger partial charge is 0.310 e. The summed E-state index contributed by atoms with van der Waals surface area (Å²) in [4.78, 5) is 9.78. The van der Waals surface area contributed by atoms with Crippen molar-refractivity contribution in [3.63, 3.8) is 0 Å². The molecule has 76 heavy (non-hydrogen) atoms. The van der Waals surface area contributed by atoms with Crippen LogP contribution in [-0.2, 0) is 0 Å². The van der Waals surface area contributed by atoms with Gasteiger partial charge in [0.2, 0.25) is 0 Å². The molecule has 0 saturated heterocycles. The Labute approximate surface area is 447 Å². The molecule has 0 radical (unpaired) electrons. The number of hydrogen-bond acceptors (Lipinski definition) is 4. The number of anilines is 12. The van der Waals surface area contributed by atoms with Crippen molar-refractivity contribution in [3.05, 3.63) is 288 Å². The van der Waals surface area contributed by atoms with E-state index in [0.717, 1.165) is 101 Å². The van der Waals surface area contributed by atoms with Crippen molar-refractivity contribution in [1.82, 2.24) is 0 Å². The summed E-state index contributed by atoms with van der Waals surface area (Å²) in [5, 5.41) is 6.83. The molecule has 0 aliphatic carbocycles. The monoisotopic (exact) mass is 980 g/mol. The average molecular weight is 981 g/mol. The van der Waals surface area contributed by atoms with Crippen LogP contribution in [0, 0.1) is 41.5 Å². The Morgan fingerprint density at radius 3 is 0.566 bits per heavy atom. The molecular formula is C72H60N4. The van der Waals surface area contributed by atoms with E-state index in [9.17, 15) is 0 Å². The van der Waals surface area contributed by atoms with Gasteiger partial charge in [-0.2, -0.15) is 0 Å². The highest BCUT2D eigenvalue weighted by Gasteiger charge is 2.27. The number of aryl methyl sites for hydroxylation is 6. The first kappa shape index (κ1) is 47.6. The third kappa shape index (κ3) is 8.98. The van der Waals surface area contributed by atoms with Crippen LogP contribution in [0.5, 0.6) is 0 Å². The van der Waals surface area contributed by atoms with Gasteiger partial charge in [-0.1, -0.05) is 146 Å². The van der Waals surface area contributed by atoms with Crippen LogP contribution >= 0.6 is 0 Å². The molecule has 0 aliphatic heterocycles. The lowest BCUT2D eigenvalue weighted by atomic mass is 9.98. The Kier molecular flexibility index (Phi) is 12.6. The number of para-hydroxylation sites is 3. The summed E-state index contributed by atoms with van der Waals surface area (Å²) in [7, 11) is 0. The molecule has 0 atom stereocenters. The van der Waals surface area contributed by atoms with Crippen molar-refractivity contribution >= 4 is 101 Å². The molecule has 0 fully saturated rings. The molecule has 12 rings (SSSR count). The first-order valence-corrected chi connectivity index (χ1v) is 26.3. The van der Waals surface area contributed by atoms with Crippen molar-refractivity contribution in [2.24, 2.45) is 0 Å². The van der Waals surface area contributed by atoms with Gasteiger partial charge in [0.1, 0.15) is 0 Å². The SMILES string of the molecule is Cc1cc(C)cc(N(c2ccccc2)c2ccc(N(c3ccc(N(c4ccccc4)c4cc(C)cc(C)c4)c4ccccc34)c3ccc(N(c4ccccc4)c4cc(C)cc(C)c4)c4ccccc34)c3ccccc23)c1. The van der Waals surface area contributed by atoms with Crippen LogP contribution in [0.25, 0.3) is 32.3 Å². The molecule has 368 valence electrons. The zero-order valence-corrected chi connectivity index (χ0v) is 44.0. The highest BCUT2D eigenvalue weighted by atomic mass is 15.2. The molecule has 0 amide bonds. The van der Waals surface area contributed by atoms with Gasteiger partial charge in [-0.15, -0.1) is 0 Å². The summed E-state index contributed by atoms with van der Waals surface area (Å²) in [5.74, 6) is 0. The Bertz CT molecular complexity index is 3610. The second-order valence-electron chi connectivity index (χ2n) is 20.3. The van der Waals surface area contributed by atoms with E-state index in [4.69, 9.17) is 0 Å². The van der Waals surface area contributed by atoms with E-state index < -0.39 is 0 Å². The van der Waals surface area contributed by atoms with Crippen molar-refractivity contribution < 1.29 is 0 Å². The fourth-order valence-electron chi connectivity index (χ4n) is 11.6. The van der Waals surface area contributed by atoms with Crippen molar-refractivity contribution in [2.45, 2.75) is 41.5 Å². The Balaban J connectivity index is 1.15. The molecular weight excluding hydrogens is 921 g/mol. The van der Waals surface area contributed by atoms with Crippen LogP contribution in [0.15, 0.2) is 255 Å². The number of nitrogens with zero attached hydrogens (tertiary/aromatic N) is 4. The minimum Gasteiger partial charge on any atom is -0.310 e. The Morgan fingerprint density at radius 1 is 0.171 bits per heavy atom. The molecule has 0 spiro atoms. The molecule has 0 bridgehead atoms. The third-order valence-corrected chi connectivity index (χ3v) is 14.5. The van der Waals surface area contributed by atoms with E-state index in [2.05, 4.69) is 316 Å². The summed E-state index contributed by atoms with van der Waals surface area (Å²) in [6, 6.07) is 93.7. The van der Waals surface area contributed by atoms with Crippen LogP contribution in [0.4, 0.5) is 68.2 Å². The molecule has 0 unspecified atom stereocenters. The standard InChI is InChI=1S/C72H60N4/c1-49-40-50(2)44-58(43-49)73(55-22-10-7-11-23-55)67-34-37-70(64-31-19-16-28-61(64)67)76(71-38-35-68(62-29-17-20-32-65(62)71)74(56-24-12-8-13-25-56)59-45-51(3)41-52(4)46-59)72-39-36-69(63-30-18-21-33-66(63)72)75(57-26-14-9-15-27-57)60-47-53(5)42-54(6)48-60/h7-48H,1-6H3. The zero-order chi connectivity index (χ0) is 51.9. The van der Waals surface area contributed by atoms with E-state index in [0.29, 0.717) is 0 Å². The van der Waals surface area contributed by atoms with E-state index in [1.54, 1.807) is 0 Å². The van der Waals surface area contributed by atoms with Gasteiger partial charge in [0.05, 0.1) is 34.1 Å². The van der Waals surface area contributed by atoms with Crippen LogP contribution in [0.3, 0.4) is 0 Å². The number of fused-ring (bicyclic) bond motifs is 3. The highest BCUT2D eigenvalue weighted by Crippen LogP contribution is 2.52. The maximum atomic E-state index is 2.53. The second kappa shape index (κ2) is 20.1. The van der Waals surface area contributed by atoms with Gasteiger partial charge in [0.25, 0.3) is 0 Å². The predicted molar refractivity (Wildman–Crippen MR) is 326 cm³/mol. The zero-order valence-electron chi connectivity index (χ0n) is 44.0. The fraction of sp³-hybridized carbons (Fsp3) is 0.0833. The number of hydrogen-bond donors (Lipinski definition) is 0. The molecule has 4 nitrogen and oxygen atoms in total. The van der Waals surface area contributed by atoms with Crippen molar-refractivity contribution in [3.8, 4) is 0 Å². The molecule has 0 N–H and O–H groups in total. The van der Waals surface area contributed by atoms with Crippen molar-refractivity contribution in [2.75, 3.05) is 19.6 Å². The summed E-state index contributed by atoms with van der Waals surface area (Å²) in [5.41, 5.74) is 20.6. The molecule has 4 heteroatoms. The maximum Gasteiger partial charge on any atom is 0.0542 e. The fourth-order valence-corrected chi connectivity index (χ4v) is 11.6. The predicted octanol–water partition coefficient (Wildman–Crippen LogP) is 20.9. The lowest BCUT2D eigenvalue weighted by molar-refractivity contribution is 1.25. The minimum atomic E-state index is 1.08. The van der Waals surface area contributed by atoms with Crippen LogP contribution in [0.1, 0.15) is 33.4 Å². The molecule has 0 aliphatic rings. The van der Waals surface area contributed by atoms with E-state index in [1.165, 1.54) is 33.4 Å². The van der Waals surface area contributed by atoms with Gasteiger partial charge in [-0.3, -0.25) is 0 Å². The lowest BCUT2D eigenvalue weighted by Crippen LogP contribution is -2.16. The maximum absolute atomic E-state index is 2.53. The highest BCUT2D eigenvalue weighted by molar-refractivity contribution is 6.16.